The molecule has 0 fully saturated rings. The molecule has 0 aliphatic carbocycles. The molecule has 0 saturated carbocycles. The molecule has 0 aliphatic rings. The van der Waals surface area contributed by atoms with Crippen LogP contribution in [0.1, 0.15) is 65.5 Å². The fourth-order valence-electron chi connectivity index (χ4n) is 5.52. The molecule has 4 heterocycles. The Kier molecular flexibility index (Phi) is 12.2. The van der Waals surface area contributed by atoms with Gasteiger partial charge in [-0.25, -0.2) is 18.1 Å². The molecule has 9 nitrogen and oxygen atoms in total. The maximum Gasteiger partial charge on any atom is 0.139 e. The highest BCUT2D eigenvalue weighted by atomic mass is 127. The number of hydrogen-bond donors (Lipinski definition) is 1. The molecule has 49 heavy (non-hydrogen) atoms. The lowest BCUT2D eigenvalue weighted by Gasteiger charge is -2.15. The summed E-state index contributed by atoms with van der Waals surface area (Å²) in [4.78, 5) is 0. The Morgan fingerprint density at radius 1 is 0.735 bits per heavy atom. The van der Waals surface area contributed by atoms with E-state index in [1.54, 1.807) is 28.5 Å². The Morgan fingerprint density at radius 2 is 1.24 bits per heavy atom. The summed E-state index contributed by atoms with van der Waals surface area (Å²) in [7, 11) is 3.76. The average molecular weight is 1020 g/mol. The van der Waals surface area contributed by atoms with Gasteiger partial charge in [0.15, 0.2) is 0 Å². The van der Waals surface area contributed by atoms with Gasteiger partial charge in [-0.3, -0.25) is 9.36 Å². The number of hydrogen-bond acceptors (Lipinski definition) is 5. The molecule has 1 unspecified atom stereocenters. The zero-order chi connectivity index (χ0) is 35.7. The van der Waals surface area contributed by atoms with E-state index in [0.717, 1.165) is 70.9 Å². The molecular weight excluding hydrogens is 988 g/mol. The fourth-order valence-corrected chi connectivity index (χ4v) is 8.52. The molecule has 6 rings (SSSR count). The second kappa shape index (κ2) is 15.8. The van der Waals surface area contributed by atoms with Crippen LogP contribution in [-0.4, -0.2) is 44.2 Å². The second-order valence-electron chi connectivity index (χ2n) is 11.4. The van der Waals surface area contributed by atoms with Crippen molar-refractivity contribution in [1.82, 2.24) is 39.1 Å². The molecule has 258 valence electrons. The third-order valence-electron chi connectivity index (χ3n) is 7.86. The highest BCUT2D eigenvalue weighted by molar-refractivity contribution is 14.1. The molecule has 0 saturated heterocycles. The number of aryl methyl sites for hydroxylation is 6. The van der Waals surface area contributed by atoms with E-state index in [1.807, 2.05) is 43.2 Å². The minimum atomic E-state index is -0.922. The van der Waals surface area contributed by atoms with Gasteiger partial charge < -0.3 is 5.11 Å². The van der Waals surface area contributed by atoms with Crippen LogP contribution in [0.2, 0.25) is 0 Å². The number of aromatic nitrogens is 8. The van der Waals surface area contributed by atoms with Gasteiger partial charge in [0, 0.05) is 27.7 Å². The minimum absolute atomic E-state index is 0.240. The zero-order valence-corrected chi connectivity index (χ0v) is 35.1. The average Bonchev–Trinajstić information content (AvgIpc) is 3.77. The Morgan fingerprint density at radius 3 is 1.78 bits per heavy atom. The van der Waals surface area contributed by atoms with Crippen LogP contribution in [0.25, 0.3) is 11.4 Å². The monoisotopic (exact) mass is 1020 g/mol. The lowest BCUT2D eigenvalue weighted by Crippen LogP contribution is -2.13. The summed E-state index contributed by atoms with van der Waals surface area (Å²) in [6, 6.07) is 13.1. The molecule has 6 aromatic rings. The van der Waals surface area contributed by atoms with Crippen molar-refractivity contribution in [3.63, 3.8) is 0 Å². The molecule has 1 N–H and O–H groups in total. The summed E-state index contributed by atoms with van der Waals surface area (Å²) in [5, 5.41) is 29.1. The first-order valence-electron chi connectivity index (χ1n) is 15.4. The van der Waals surface area contributed by atoms with Gasteiger partial charge in [0.1, 0.15) is 17.7 Å². The summed E-state index contributed by atoms with van der Waals surface area (Å²) in [5.74, 6) is -0.545. The third-order valence-corrected chi connectivity index (χ3v) is 11.4. The maximum absolute atomic E-state index is 13.4. The van der Waals surface area contributed by atoms with E-state index >= 15 is 0 Å². The van der Waals surface area contributed by atoms with Crippen molar-refractivity contribution >= 4 is 77.0 Å². The molecule has 0 spiro atoms. The van der Waals surface area contributed by atoms with Gasteiger partial charge in [-0.1, -0.05) is 13.8 Å². The van der Waals surface area contributed by atoms with Gasteiger partial charge in [-0.2, -0.15) is 20.4 Å². The van der Waals surface area contributed by atoms with Gasteiger partial charge >= 0.3 is 0 Å². The standard InChI is InChI=1S/C17H17BrFIN4O.C17H17BrFIN4/c1-4-12-15(18)16(23(3)22-12)17(25)14-7-9(2)21-24(14)13-6-5-10(19)8-11(13)20;1-4-14-17(18)16(23(3)22-14)9-12-7-10(2)21-24(12)15-6-5-11(19)8-13(15)20/h5-8,17,25H,4H2,1-3H3;5-8H,4,9H2,1-3H3. The van der Waals surface area contributed by atoms with E-state index in [9.17, 15) is 13.9 Å². The number of rotatable bonds is 8. The normalized spacial score (nSPS) is 11.9. The van der Waals surface area contributed by atoms with Gasteiger partial charge in [0.05, 0.1) is 65.9 Å². The smallest absolute Gasteiger partial charge is 0.139 e. The first kappa shape index (κ1) is 37.8. The Hall–Kier alpha value is -2.48. The summed E-state index contributed by atoms with van der Waals surface area (Å²) in [6.45, 7) is 7.93. The summed E-state index contributed by atoms with van der Waals surface area (Å²) < 4.78 is 37.4. The quantitative estimate of drug-likeness (QED) is 0.154. The highest BCUT2D eigenvalue weighted by Crippen LogP contribution is 2.33. The van der Waals surface area contributed by atoms with Gasteiger partial charge in [-0.15, -0.1) is 0 Å². The number of aliphatic hydroxyl groups excluding tert-OH is 1. The van der Waals surface area contributed by atoms with Crippen LogP contribution in [0.5, 0.6) is 0 Å². The molecule has 0 amide bonds. The largest absolute Gasteiger partial charge is 0.380 e. The fraction of sp³-hybridized carbons (Fsp3) is 0.294. The first-order valence-corrected chi connectivity index (χ1v) is 19.1. The lowest BCUT2D eigenvalue weighted by atomic mass is 10.1. The number of aliphatic hydroxyl groups is 1. The number of halogens is 6. The summed E-state index contributed by atoms with van der Waals surface area (Å²) >= 11 is 11.4. The van der Waals surface area contributed by atoms with Crippen LogP contribution < -0.4 is 0 Å². The van der Waals surface area contributed by atoms with Gasteiger partial charge in [0.2, 0.25) is 0 Å². The second-order valence-corrected chi connectivity index (χ2v) is 15.3. The Labute approximate surface area is 327 Å². The van der Waals surface area contributed by atoms with Crippen LogP contribution in [0.3, 0.4) is 0 Å². The lowest BCUT2D eigenvalue weighted by molar-refractivity contribution is 0.201. The molecule has 0 radical (unpaired) electrons. The van der Waals surface area contributed by atoms with Gasteiger partial charge in [-0.05, 0) is 152 Å². The van der Waals surface area contributed by atoms with Crippen molar-refractivity contribution in [2.75, 3.05) is 0 Å². The van der Waals surface area contributed by atoms with Crippen LogP contribution in [0, 0.1) is 32.6 Å². The SMILES string of the molecule is CCc1nn(C)c(C(O)c2cc(C)nn2-c2ccc(F)cc2I)c1Br.CCc1nn(C)c(Cc2cc(C)nn2-c2ccc(F)cc2I)c1Br. The summed E-state index contributed by atoms with van der Waals surface area (Å²) in [5.41, 5.74) is 8.65. The molecule has 15 heteroatoms. The van der Waals surface area contributed by atoms with E-state index in [4.69, 9.17) is 0 Å². The van der Waals surface area contributed by atoms with Crippen molar-refractivity contribution in [3.05, 3.63) is 122 Å². The molecule has 2 aromatic carbocycles. The van der Waals surface area contributed by atoms with E-state index in [-0.39, 0.29) is 11.6 Å². The number of benzene rings is 2. The van der Waals surface area contributed by atoms with Crippen molar-refractivity contribution in [2.45, 2.75) is 53.1 Å². The predicted octanol–water partition coefficient (Wildman–Crippen LogP) is 8.64. The van der Waals surface area contributed by atoms with Crippen molar-refractivity contribution in [1.29, 1.82) is 0 Å². The topological polar surface area (TPSA) is 91.5 Å². The van der Waals surface area contributed by atoms with Crippen LogP contribution >= 0.6 is 77.0 Å². The Balaban J connectivity index is 0.000000191. The van der Waals surface area contributed by atoms with E-state index < -0.39 is 6.10 Å². The predicted molar refractivity (Wildman–Crippen MR) is 209 cm³/mol. The molecule has 1 atom stereocenters. The minimum Gasteiger partial charge on any atom is -0.380 e. The van der Waals surface area contributed by atoms with Crippen LogP contribution in [-0.2, 0) is 33.4 Å². The number of nitrogens with zero attached hydrogens (tertiary/aromatic N) is 8. The van der Waals surface area contributed by atoms with Crippen LogP contribution in [0.4, 0.5) is 8.78 Å². The van der Waals surface area contributed by atoms with Crippen molar-refractivity contribution < 1.29 is 13.9 Å². The highest BCUT2D eigenvalue weighted by Gasteiger charge is 2.26. The Bertz CT molecular complexity index is 2140. The molecular formula is C34H34Br2F2I2N8O. The van der Waals surface area contributed by atoms with E-state index in [1.165, 1.54) is 24.3 Å². The molecule has 0 bridgehead atoms. The molecule has 0 aliphatic heterocycles. The van der Waals surface area contributed by atoms with Crippen molar-refractivity contribution in [2.24, 2.45) is 14.1 Å². The van der Waals surface area contributed by atoms with Crippen molar-refractivity contribution in [3.8, 4) is 11.4 Å². The van der Waals surface area contributed by atoms with E-state index in [2.05, 4.69) is 110 Å². The molecule has 4 aromatic heterocycles. The van der Waals surface area contributed by atoms with Gasteiger partial charge in [0.25, 0.3) is 0 Å². The first-order chi connectivity index (χ1) is 23.2. The maximum atomic E-state index is 13.4. The van der Waals surface area contributed by atoms with E-state index in [0.29, 0.717) is 21.4 Å². The third kappa shape index (κ3) is 8.05. The van der Waals surface area contributed by atoms with Crippen LogP contribution in [0.15, 0.2) is 57.5 Å². The zero-order valence-electron chi connectivity index (χ0n) is 27.6. The summed E-state index contributed by atoms with van der Waals surface area (Å²) in [6.07, 6.45) is 1.41.